The van der Waals surface area contributed by atoms with E-state index in [9.17, 15) is 8.78 Å². The third-order valence-corrected chi connectivity index (χ3v) is 3.11. The summed E-state index contributed by atoms with van der Waals surface area (Å²) in [4.78, 5) is 0. The lowest BCUT2D eigenvalue weighted by Gasteiger charge is -2.48. The van der Waals surface area contributed by atoms with Gasteiger partial charge in [0.1, 0.15) is 0 Å². The lowest BCUT2D eigenvalue weighted by molar-refractivity contribution is -0.0564. The van der Waals surface area contributed by atoms with E-state index in [1.807, 2.05) is 0 Å². The fourth-order valence-electron chi connectivity index (χ4n) is 1.84. The minimum Gasteiger partial charge on any atom is -0.309 e. The maximum atomic E-state index is 12.5. The molecule has 0 atom stereocenters. The van der Waals surface area contributed by atoms with Crippen LogP contribution >= 0.6 is 0 Å². The quantitative estimate of drug-likeness (QED) is 0.697. The Kier molecular flexibility index (Phi) is 2.71. The molecule has 1 N–H and O–H groups in total. The molecule has 0 aromatic rings. The summed E-state index contributed by atoms with van der Waals surface area (Å²) in [5.41, 5.74) is -0.866. The van der Waals surface area contributed by atoms with Crippen molar-refractivity contribution in [1.29, 1.82) is 0 Å². The van der Waals surface area contributed by atoms with Gasteiger partial charge >= 0.3 is 0 Å². The molecule has 1 aliphatic carbocycles. The molecule has 1 fully saturated rings. The number of rotatable bonds is 3. The SMILES string of the molecule is CNC1(C(F)F)CC(C(C)C)C1. The summed E-state index contributed by atoms with van der Waals surface area (Å²) in [6, 6.07) is 0. The van der Waals surface area contributed by atoms with E-state index >= 15 is 0 Å². The summed E-state index contributed by atoms with van der Waals surface area (Å²) in [6.07, 6.45) is -0.977. The molecule has 0 aromatic carbocycles. The van der Waals surface area contributed by atoms with Crippen LogP contribution in [0.3, 0.4) is 0 Å². The van der Waals surface area contributed by atoms with Crippen LogP contribution < -0.4 is 5.32 Å². The highest BCUT2D eigenvalue weighted by molar-refractivity contribution is 5.02. The van der Waals surface area contributed by atoms with Crippen molar-refractivity contribution in [2.24, 2.45) is 11.8 Å². The molecule has 72 valence electrons. The van der Waals surface area contributed by atoms with Gasteiger partial charge in [-0.25, -0.2) is 8.78 Å². The highest BCUT2D eigenvalue weighted by Crippen LogP contribution is 2.45. The Morgan fingerprint density at radius 1 is 1.33 bits per heavy atom. The molecule has 0 unspecified atom stereocenters. The van der Waals surface area contributed by atoms with Crippen molar-refractivity contribution >= 4 is 0 Å². The number of nitrogens with one attached hydrogen (secondary N) is 1. The number of hydrogen-bond acceptors (Lipinski definition) is 1. The molecule has 0 spiro atoms. The van der Waals surface area contributed by atoms with Crippen LogP contribution in [0, 0.1) is 11.8 Å². The lowest BCUT2D eigenvalue weighted by atomic mass is 9.64. The molecule has 3 heteroatoms. The summed E-state index contributed by atoms with van der Waals surface area (Å²) < 4.78 is 25.0. The molecule has 0 aromatic heterocycles. The lowest BCUT2D eigenvalue weighted by Crippen LogP contribution is -2.59. The second-order valence-corrected chi connectivity index (χ2v) is 4.12. The van der Waals surface area contributed by atoms with E-state index < -0.39 is 12.0 Å². The van der Waals surface area contributed by atoms with E-state index in [-0.39, 0.29) is 0 Å². The third kappa shape index (κ3) is 1.47. The zero-order chi connectivity index (χ0) is 9.35. The van der Waals surface area contributed by atoms with Gasteiger partial charge in [0.25, 0.3) is 6.43 Å². The van der Waals surface area contributed by atoms with E-state index in [0.29, 0.717) is 24.7 Å². The molecule has 0 bridgehead atoms. The van der Waals surface area contributed by atoms with Gasteiger partial charge in [-0.1, -0.05) is 13.8 Å². The van der Waals surface area contributed by atoms with E-state index in [2.05, 4.69) is 19.2 Å². The molecule has 0 amide bonds. The summed E-state index contributed by atoms with van der Waals surface area (Å²) in [7, 11) is 1.63. The predicted molar refractivity (Wildman–Crippen MR) is 45.4 cm³/mol. The Labute approximate surface area is 72.5 Å². The summed E-state index contributed by atoms with van der Waals surface area (Å²) in [5, 5.41) is 2.75. The zero-order valence-electron chi connectivity index (χ0n) is 7.90. The van der Waals surface area contributed by atoms with Crippen molar-refractivity contribution in [1.82, 2.24) is 5.32 Å². The molecular weight excluding hydrogens is 160 g/mol. The highest BCUT2D eigenvalue weighted by atomic mass is 19.3. The van der Waals surface area contributed by atoms with Crippen LogP contribution in [0.25, 0.3) is 0 Å². The number of halogens is 2. The Bertz CT molecular complexity index is 151. The molecule has 1 aliphatic rings. The molecule has 12 heavy (non-hydrogen) atoms. The summed E-state index contributed by atoms with van der Waals surface area (Å²) in [6.45, 7) is 4.19. The molecule has 0 aliphatic heterocycles. The average Bonchev–Trinajstić information content (AvgIpc) is 1.84. The van der Waals surface area contributed by atoms with Gasteiger partial charge in [-0.3, -0.25) is 0 Å². The van der Waals surface area contributed by atoms with Gasteiger partial charge in [-0.2, -0.15) is 0 Å². The first-order valence-corrected chi connectivity index (χ1v) is 4.49. The van der Waals surface area contributed by atoms with E-state index in [1.165, 1.54) is 0 Å². The highest BCUT2D eigenvalue weighted by Gasteiger charge is 2.50. The van der Waals surface area contributed by atoms with Crippen LogP contribution in [0.15, 0.2) is 0 Å². The molecule has 0 saturated heterocycles. The van der Waals surface area contributed by atoms with Crippen LogP contribution in [-0.4, -0.2) is 19.0 Å². The Morgan fingerprint density at radius 3 is 2.08 bits per heavy atom. The largest absolute Gasteiger partial charge is 0.309 e. The Morgan fingerprint density at radius 2 is 1.83 bits per heavy atom. The van der Waals surface area contributed by atoms with Gasteiger partial charge in [0.05, 0.1) is 5.54 Å². The van der Waals surface area contributed by atoms with Crippen LogP contribution in [-0.2, 0) is 0 Å². The van der Waals surface area contributed by atoms with Crippen molar-refractivity contribution in [2.45, 2.75) is 38.7 Å². The van der Waals surface area contributed by atoms with Gasteiger partial charge in [0.2, 0.25) is 0 Å². The van der Waals surface area contributed by atoms with Gasteiger partial charge < -0.3 is 5.32 Å². The average molecular weight is 177 g/mol. The molecule has 1 saturated carbocycles. The molecule has 0 heterocycles. The Hall–Kier alpha value is -0.180. The van der Waals surface area contributed by atoms with Gasteiger partial charge in [-0.05, 0) is 31.7 Å². The van der Waals surface area contributed by atoms with Crippen LogP contribution in [0.1, 0.15) is 26.7 Å². The normalized spacial score (nSPS) is 35.8. The summed E-state index contributed by atoms with van der Waals surface area (Å²) >= 11 is 0. The van der Waals surface area contributed by atoms with Crippen LogP contribution in [0.2, 0.25) is 0 Å². The van der Waals surface area contributed by atoms with Crippen LogP contribution in [0.4, 0.5) is 8.78 Å². The predicted octanol–water partition coefficient (Wildman–Crippen LogP) is 2.28. The van der Waals surface area contributed by atoms with Crippen molar-refractivity contribution in [3.63, 3.8) is 0 Å². The first-order valence-electron chi connectivity index (χ1n) is 4.49. The fourth-order valence-corrected chi connectivity index (χ4v) is 1.84. The van der Waals surface area contributed by atoms with Crippen molar-refractivity contribution in [3.05, 3.63) is 0 Å². The van der Waals surface area contributed by atoms with E-state index in [0.717, 1.165) is 0 Å². The Balaban J connectivity index is 2.46. The second kappa shape index (κ2) is 3.29. The van der Waals surface area contributed by atoms with Crippen LogP contribution in [0.5, 0.6) is 0 Å². The molecule has 0 radical (unpaired) electrons. The molecular formula is C9H17F2N. The standard InChI is InChI=1S/C9H17F2N/c1-6(2)7-4-9(5-7,12-3)8(10)11/h6-8,12H,4-5H2,1-3H3. The van der Waals surface area contributed by atoms with Crippen molar-refractivity contribution in [3.8, 4) is 0 Å². The van der Waals surface area contributed by atoms with Crippen molar-refractivity contribution < 1.29 is 8.78 Å². The van der Waals surface area contributed by atoms with E-state index in [4.69, 9.17) is 0 Å². The fraction of sp³-hybridized carbons (Fsp3) is 1.00. The topological polar surface area (TPSA) is 12.0 Å². The first-order chi connectivity index (χ1) is 5.52. The first kappa shape index (κ1) is 9.90. The minimum absolute atomic E-state index is 0.478. The summed E-state index contributed by atoms with van der Waals surface area (Å²) in [5.74, 6) is 1.01. The van der Waals surface area contributed by atoms with Gasteiger partial charge in [0, 0.05) is 0 Å². The van der Waals surface area contributed by atoms with Gasteiger partial charge in [0.15, 0.2) is 0 Å². The maximum Gasteiger partial charge on any atom is 0.256 e. The second-order valence-electron chi connectivity index (χ2n) is 4.12. The molecule has 1 rings (SSSR count). The number of alkyl halides is 2. The molecule has 1 nitrogen and oxygen atoms in total. The maximum absolute atomic E-state index is 12.5. The monoisotopic (exact) mass is 177 g/mol. The third-order valence-electron chi connectivity index (χ3n) is 3.11. The van der Waals surface area contributed by atoms with Gasteiger partial charge in [-0.15, -0.1) is 0 Å². The van der Waals surface area contributed by atoms with E-state index in [1.54, 1.807) is 7.05 Å². The number of hydrogen-bond donors (Lipinski definition) is 1. The smallest absolute Gasteiger partial charge is 0.256 e. The minimum atomic E-state index is -2.22. The van der Waals surface area contributed by atoms with Crippen molar-refractivity contribution in [2.75, 3.05) is 7.05 Å². The zero-order valence-corrected chi connectivity index (χ0v) is 7.90.